The van der Waals surface area contributed by atoms with Gasteiger partial charge in [-0.05, 0) is 31.2 Å². The topological polar surface area (TPSA) is 77.2 Å². The van der Waals surface area contributed by atoms with Crippen LogP contribution in [0, 0.1) is 0 Å². The van der Waals surface area contributed by atoms with Crippen molar-refractivity contribution in [1.82, 2.24) is 15.0 Å². The van der Waals surface area contributed by atoms with Gasteiger partial charge in [-0.1, -0.05) is 18.2 Å². The lowest BCUT2D eigenvalue weighted by molar-refractivity contribution is -0.129. The number of aromatic nitrogens is 3. The van der Waals surface area contributed by atoms with Crippen LogP contribution in [0.5, 0.6) is 11.5 Å². The molecular formula is C16H13N3O3. The molecule has 0 bridgehead atoms. The lowest BCUT2D eigenvalue weighted by atomic mass is 10.3. The van der Waals surface area contributed by atoms with E-state index in [1.807, 2.05) is 24.3 Å². The number of rotatable bonds is 3. The fourth-order valence-electron chi connectivity index (χ4n) is 1.99. The molecule has 1 aromatic heterocycles. The molecule has 3 aromatic rings. The van der Waals surface area contributed by atoms with Crippen LogP contribution in [0.15, 0.2) is 54.6 Å². The number of carbonyl (C=O) groups excluding carboxylic acids is 1. The van der Waals surface area contributed by atoms with E-state index in [-0.39, 0.29) is 11.5 Å². The maximum absolute atomic E-state index is 11.4. The molecule has 0 atom stereocenters. The van der Waals surface area contributed by atoms with Gasteiger partial charge in [0.1, 0.15) is 28.2 Å². The second-order valence-electron chi connectivity index (χ2n) is 4.55. The van der Waals surface area contributed by atoms with Crippen LogP contribution >= 0.6 is 0 Å². The van der Waals surface area contributed by atoms with E-state index in [1.54, 1.807) is 25.1 Å². The molecule has 0 aliphatic rings. The van der Waals surface area contributed by atoms with Gasteiger partial charge in [-0.3, -0.25) is 0 Å². The number of fused-ring (bicyclic) bond motifs is 1. The zero-order chi connectivity index (χ0) is 15.5. The van der Waals surface area contributed by atoms with E-state index in [0.717, 1.165) is 11.0 Å². The van der Waals surface area contributed by atoms with E-state index in [9.17, 15) is 9.90 Å². The molecule has 2 aromatic carbocycles. The zero-order valence-corrected chi connectivity index (χ0v) is 11.8. The van der Waals surface area contributed by atoms with Gasteiger partial charge < -0.3 is 9.84 Å². The SMILES string of the molecule is CC=CC(=O)Oc1ccc(-n2nc3ccccc3n2)c(O)c1. The number of carbonyl (C=O) groups is 1. The van der Waals surface area contributed by atoms with Crippen molar-refractivity contribution >= 4 is 17.0 Å². The van der Waals surface area contributed by atoms with Crippen molar-refractivity contribution in [2.45, 2.75) is 6.92 Å². The number of phenolic OH excluding ortho intramolecular Hbond substituents is 1. The zero-order valence-electron chi connectivity index (χ0n) is 11.8. The summed E-state index contributed by atoms with van der Waals surface area (Å²) < 4.78 is 5.05. The normalized spacial score (nSPS) is 11.1. The first kappa shape index (κ1) is 13.8. The largest absolute Gasteiger partial charge is 0.505 e. The molecule has 0 radical (unpaired) electrons. The molecule has 3 rings (SSSR count). The molecule has 0 saturated heterocycles. The van der Waals surface area contributed by atoms with Crippen LogP contribution in [0.3, 0.4) is 0 Å². The second kappa shape index (κ2) is 5.69. The average Bonchev–Trinajstić information content (AvgIpc) is 2.91. The number of benzene rings is 2. The summed E-state index contributed by atoms with van der Waals surface area (Å²) in [4.78, 5) is 12.7. The Bertz CT molecular complexity index is 835. The van der Waals surface area contributed by atoms with Gasteiger partial charge in [-0.2, -0.15) is 0 Å². The Morgan fingerprint density at radius 3 is 2.45 bits per heavy atom. The van der Waals surface area contributed by atoms with E-state index < -0.39 is 5.97 Å². The highest BCUT2D eigenvalue weighted by Crippen LogP contribution is 2.26. The molecule has 0 aliphatic heterocycles. The Labute approximate surface area is 126 Å². The molecule has 0 saturated carbocycles. The summed E-state index contributed by atoms with van der Waals surface area (Å²) in [5.41, 5.74) is 1.86. The second-order valence-corrected chi connectivity index (χ2v) is 4.55. The highest BCUT2D eigenvalue weighted by molar-refractivity contribution is 5.84. The van der Waals surface area contributed by atoms with Crippen LogP contribution in [0.4, 0.5) is 0 Å². The highest BCUT2D eigenvalue weighted by atomic mass is 16.5. The first-order valence-corrected chi connectivity index (χ1v) is 6.67. The van der Waals surface area contributed by atoms with Crippen molar-refractivity contribution in [3.8, 4) is 17.2 Å². The van der Waals surface area contributed by atoms with Gasteiger partial charge in [0.15, 0.2) is 0 Å². The predicted octanol–water partition coefficient (Wildman–Crippen LogP) is 2.61. The summed E-state index contributed by atoms with van der Waals surface area (Å²) >= 11 is 0. The number of nitrogens with zero attached hydrogens (tertiary/aromatic N) is 3. The summed E-state index contributed by atoms with van der Waals surface area (Å²) in [6.45, 7) is 1.72. The summed E-state index contributed by atoms with van der Waals surface area (Å²) in [5.74, 6) is -0.329. The molecule has 0 fully saturated rings. The van der Waals surface area contributed by atoms with Gasteiger partial charge in [0.25, 0.3) is 0 Å². The molecule has 6 nitrogen and oxygen atoms in total. The van der Waals surface area contributed by atoms with E-state index in [4.69, 9.17) is 4.74 Å². The number of ether oxygens (including phenoxy) is 1. The van der Waals surface area contributed by atoms with Gasteiger partial charge in [-0.15, -0.1) is 15.0 Å². The minimum Gasteiger partial charge on any atom is -0.505 e. The van der Waals surface area contributed by atoms with Crippen molar-refractivity contribution in [3.05, 3.63) is 54.6 Å². The van der Waals surface area contributed by atoms with Gasteiger partial charge in [0.2, 0.25) is 0 Å². The Balaban J connectivity index is 1.93. The van der Waals surface area contributed by atoms with Crippen LogP contribution in [-0.4, -0.2) is 26.1 Å². The van der Waals surface area contributed by atoms with Gasteiger partial charge in [0, 0.05) is 12.1 Å². The fourth-order valence-corrected chi connectivity index (χ4v) is 1.99. The Morgan fingerprint density at radius 2 is 1.86 bits per heavy atom. The van der Waals surface area contributed by atoms with Crippen molar-refractivity contribution in [3.63, 3.8) is 0 Å². The number of hydrogen-bond acceptors (Lipinski definition) is 5. The fraction of sp³-hybridized carbons (Fsp3) is 0.0625. The minimum atomic E-state index is -0.502. The van der Waals surface area contributed by atoms with Crippen LogP contribution in [0.25, 0.3) is 16.7 Å². The van der Waals surface area contributed by atoms with E-state index in [1.165, 1.54) is 16.9 Å². The summed E-state index contributed by atoms with van der Waals surface area (Å²) in [6.07, 6.45) is 2.88. The Hall–Kier alpha value is -3.15. The Morgan fingerprint density at radius 1 is 1.18 bits per heavy atom. The summed E-state index contributed by atoms with van der Waals surface area (Å²) in [5, 5.41) is 18.7. The summed E-state index contributed by atoms with van der Waals surface area (Å²) in [7, 11) is 0. The van der Waals surface area contributed by atoms with Crippen molar-refractivity contribution in [2.75, 3.05) is 0 Å². The van der Waals surface area contributed by atoms with Gasteiger partial charge in [0.05, 0.1) is 0 Å². The molecule has 6 heteroatoms. The highest BCUT2D eigenvalue weighted by Gasteiger charge is 2.10. The molecule has 0 unspecified atom stereocenters. The lowest BCUT2D eigenvalue weighted by Gasteiger charge is -2.06. The van der Waals surface area contributed by atoms with Crippen LogP contribution < -0.4 is 4.74 Å². The summed E-state index contributed by atoms with van der Waals surface area (Å²) in [6, 6.07) is 11.9. The maximum atomic E-state index is 11.4. The van der Waals surface area contributed by atoms with Crippen LogP contribution in [0.2, 0.25) is 0 Å². The Kier molecular flexibility index (Phi) is 3.57. The number of allylic oxidation sites excluding steroid dienone is 1. The minimum absolute atomic E-state index is 0.0777. The smallest absolute Gasteiger partial charge is 0.335 e. The van der Waals surface area contributed by atoms with Crippen molar-refractivity contribution in [2.24, 2.45) is 0 Å². The van der Waals surface area contributed by atoms with Gasteiger partial charge >= 0.3 is 5.97 Å². The third-order valence-electron chi connectivity index (χ3n) is 2.97. The van der Waals surface area contributed by atoms with Crippen LogP contribution in [-0.2, 0) is 4.79 Å². The molecule has 22 heavy (non-hydrogen) atoms. The quantitative estimate of drug-likeness (QED) is 0.456. The van der Waals surface area contributed by atoms with Crippen molar-refractivity contribution in [1.29, 1.82) is 0 Å². The van der Waals surface area contributed by atoms with E-state index in [2.05, 4.69) is 10.2 Å². The van der Waals surface area contributed by atoms with Gasteiger partial charge in [-0.25, -0.2) is 4.79 Å². The molecule has 0 spiro atoms. The van der Waals surface area contributed by atoms with E-state index in [0.29, 0.717) is 5.69 Å². The third kappa shape index (κ3) is 2.67. The predicted molar refractivity (Wildman–Crippen MR) is 81.0 cm³/mol. The first-order chi connectivity index (χ1) is 10.7. The maximum Gasteiger partial charge on any atom is 0.335 e. The number of aromatic hydroxyl groups is 1. The number of phenols is 1. The molecule has 0 aliphatic carbocycles. The lowest BCUT2D eigenvalue weighted by Crippen LogP contribution is -2.04. The molecular weight excluding hydrogens is 282 g/mol. The molecule has 1 heterocycles. The first-order valence-electron chi connectivity index (χ1n) is 6.67. The number of esters is 1. The standard InChI is InChI=1S/C16H13N3O3/c1-2-5-16(21)22-11-8-9-14(15(20)10-11)19-17-12-6-3-4-7-13(12)18-19/h2-10,20H,1H3. The molecule has 0 amide bonds. The molecule has 1 N–H and O–H groups in total. The number of hydrogen-bond donors (Lipinski definition) is 1. The van der Waals surface area contributed by atoms with Crippen LogP contribution in [0.1, 0.15) is 6.92 Å². The van der Waals surface area contributed by atoms with Crippen molar-refractivity contribution < 1.29 is 14.6 Å². The monoisotopic (exact) mass is 295 g/mol. The molecule has 110 valence electrons. The third-order valence-corrected chi connectivity index (χ3v) is 2.97. The average molecular weight is 295 g/mol. The van der Waals surface area contributed by atoms with E-state index >= 15 is 0 Å².